The molecule has 5 heteroatoms. The first kappa shape index (κ1) is 10.2. The fraction of sp³-hybridized carbons (Fsp3) is 0.200. The quantitative estimate of drug-likeness (QED) is 0.605. The smallest absolute Gasteiger partial charge is 0.203 e. The van der Waals surface area contributed by atoms with Crippen molar-refractivity contribution in [1.29, 1.82) is 5.41 Å². The van der Waals surface area contributed by atoms with Gasteiger partial charge in [-0.15, -0.1) is 0 Å². The van der Waals surface area contributed by atoms with E-state index in [9.17, 15) is 9.00 Å². The number of benzene rings is 1. The molecule has 1 atom stereocenters. The molecule has 1 N–H and O–H groups in total. The Balaban J connectivity index is 2.38. The van der Waals surface area contributed by atoms with Gasteiger partial charge in [0.15, 0.2) is 11.1 Å². The van der Waals surface area contributed by atoms with Crippen LogP contribution in [0.2, 0.25) is 0 Å². The predicted octanol–water partition coefficient (Wildman–Crippen LogP) is 1.21. The lowest BCUT2D eigenvalue weighted by molar-refractivity contribution is 0.107. The number of carbonyl (C=O) groups is 1. The highest BCUT2D eigenvalue weighted by Gasteiger charge is 2.16. The molecule has 15 heavy (non-hydrogen) atoms. The lowest BCUT2D eigenvalue weighted by atomic mass is 10.0. The Bertz CT molecular complexity index is 456. The standard InChI is InChI=1S/C10H9NO3S/c11-4-10(12)7-1-2-8-6-15(13)14-5-9(8)3-7/h1-4,11H,5-6H2. The van der Waals surface area contributed by atoms with Gasteiger partial charge in [0, 0.05) is 5.56 Å². The van der Waals surface area contributed by atoms with Crippen LogP contribution in [0.5, 0.6) is 0 Å². The van der Waals surface area contributed by atoms with Gasteiger partial charge < -0.3 is 5.41 Å². The maximum atomic E-state index is 11.2. The molecule has 4 nitrogen and oxygen atoms in total. The summed E-state index contributed by atoms with van der Waals surface area (Å²) in [7, 11) is 0. The van der Waals surface area contributed by atoms with E-state index >= 15 is 0 Å². The number of nitrogens with one attached hydrogen (secondary N) is 1. The Labute approximate surface area is 89.4 Å². The maximum absolute atomic E-state index is 11.2. The van der Waals surface area contributed by atoms with Crippen molar-refractivity contribution in [3.8, 4) is 0 Å². The summed E-state index contributed by atoms with van der Waals surface area (Å²) in [4.78, 5) is 11.2. The van der Waals surface area contributed by atoms with Crippen LogP contribution in [0.3, 0.4) is 0 Å². The van der Waals surface area contributed by atoms with Gasteiger partial charge in [-0.3, -0.25) is 8.98 Å². The topological polar surface area (TPSA) is 67.2 Å². The summed E-state index contributed by atoms with van der Waals surface area (Å²) in [6.07, 6.45) is 0.781. The highest BCUT2D eigenvalue weighted by Crippen LogP contribution is 2.20. The van der Waals surface area contributed by atoms with E-state index in [0.717, 1.165) is 17.3 Å². The van der Waals surface area contributed by atoms with Gasteiger partial charge in [-0.1, -0.05) is 12.1 Å². The lowest BCUT2D eigenvalue weighted by Crippen LogP contribution is -2.12. The number of carbonyl (C=O) groups excluding carboxylic acids is 1. The monoisotopic (exact) mass is 223 g/mol. The van der Waals surface area contributed by atoms with Crippen LogP contribution in [0.25, 0.3) is 0 Å². The van der Waals surface area contributed by atoms with Crippen molar-refractivity contribution in [2.45, 2.75) is 12.4 Å². The van der Waals surface area contributed by atoms with Crippen molar-refractivity contribution >= 4 is 23.1 Å². The summed E-state index contributed by atoms with van der Waals surface area (Å²) in [6, 6.07) is 5.11. The van der Waals surface area contributed by atoms with Crippen LogP contribution in [-0.2, 0) is 27.6 Å². The second-order valence-corrected chi connectivity index (χ2v) is 4.33. The number of hydrogen-bond acceptors (Lipinski definition) is 4. The zero-order chi connectivity index (χ0) is 10.8. The number of Topliss-reactive ketones (excluding diaryl/α,β-unsaturated/α-hetero) is 1. The molecule has 1 unspecified atom stereocenters. The minimum atomic E-state index is -1.25. The average molecular weight is 223 g/mol. The van der Waals surface area contributed by atoms with Crippen LogP contribution in [0, 0.1) is 5.41 Å². The summed E-state index contributed by atoms with van der Waals surface area (Å²) in [5.41, 5.74) is 2.29. The fourth-order valence-electron chi connectivity index (χ4n) is 1.44. The molecule has 0 aliphatic carbocycles. The Hall–Kier alpha value is -1.33. The predicted molar refractivity (Wildman–Crippen MR) is 56.2 cm³/mol. The average Bonchev–Trinajstić information content (AvgIpc) is 2.27. The molecule has 0 aromatic heterocycles. The SMILES string of the molecule is N=CC(=O)c1ccc2c(c1)COS(=O)C2. The summed E-state index contributed by atoms with van der Waals surface area (Å²) < 4.78 is 16.1. The third-order valence-corrected chi connectivity index (χ3v) is 3.17. The van der Waals surface area contributed by atoms with E-state index in [0.29, 0.717) is 11.3 Å². The van der Waals surface area contributed by atoms with Gasteiger partial charge in [0.25, 0.3) is 0 Å². The van der Waals surface area contributed by atoms with E-state index in [1.165, 1.54) is 0 Å². The van der Waals surface area contributed by atoms with E-state index < -0.39 is 11.1 Å². The van der Waals surface area contributed by atoms with Crippen molar-refractivity contribution in [3.05, 3.63) is 34.9 Å². The van der Waals surface area contributed by atoms with Crippen LogP contribution < -0.4 is 0 Å². The molecule has 1 aromatic rings. The van der Waals surface area contributed by atoms with Crippen LogP contribution in [0.15, 0.2) is 18.2 Å². The Morgan fingerprint density at radius 1 is 1.47 bits per heavy atom. The van der Waals surface area contributed by atoms with Crippen molar-refractivity contribution < 1.29 is 13.2 Å². The minimum Gasteiger partial charge on any atom is -0.305 e. The van der Waals surface area contributed by atoms with Gasteiger partial charge in [-0.05, 0) is 17.2 Å². The van der Waals surface area contributed by atoms with Crippen LogP contribution in [0.4, 0.5) is 0 Å². The lowest BCUT2D eigenvalue weighted by Gasteiger charge is -2.15. The third-order valence-electron chi connectivity index (χ3n) is 2.24. The van der Waals surface area contributed by atoms with Crippen molar-refractivity contribution in [2.75, 3.05) is 0 Å². The summed E-state index contributed by atoms with van der Waals surface area (Å²) in [5, 5.41) is 6.86. The molecule has 0 bridgehead atoms. The molecule has 0 saturated heterocycles. The van der Waals surface area contributed by atoms with Crippen LogP contribution in [0.1, 0.15) is 21.5 Å². The molecule has 1 heterocycles. The van der Waals surface area contributed by atoms with E-state index in [-0.39, 0.29) is 12.4 Å². The van der Waals surface area contributed by atoms with Crippen molar-refractivity contribution in [2.24, 2.45) is 0 Å². The van der Waals surface area contributed by atoms with Gasteiger partial charge >= 0.3 is 0 Å². The maximum Gasteiger partial charge on any atom is 0.203 e. The molecular formula is C10H9NO3S. The first-order valence-corrected chi connectivity index (χ1v) is 5.63. The normalized spacial score (nSPS) is 19.3. The van der Waals surface area contributed by atoms with Crippen LogP contribution >= 0.6 is 0 Å². The summed E-state index contributed by atoms with van der Waals surface area (Å²) in [6.45, 7) is 0.265. The minimum absolute atomic E-state index is 0.265. The molecule has 0 fully saturated rings. The highest BCUT2D eigenvalue weighted by molar-refractivity contribution is 7.79. The van der Waals surface area contributed by atoms with Gasteiger partial charge in [0.2, 0.25) is 5.78 Å². The van der Waals surface area contributed by atoms with Gasteiger partial charge in [0.1, 0.15) is 0 Å². The van der Waals surface area contributed by atoms with Crippen molar-refractivity contribution in [1.82, 2.24) is 0 Å². The first-order valence-electron chi connectivity index (χ1n) is 4.39. The molecule has 1 aliphatic heterocycles. The van der Waals surface area contributed by atoms with Crippen LogP contribution in [-0.4, -0.2) is 16.2 Å². The molecule has 1 aliphatic rings. The Kier molecular flexibility index (Phi) is 2.75. The molecular weight excluding hydrogens is 214 g/mol. The third kappa shape index (κ3) is 2.03. The number of hydrogen-bond donors (Lipinski definition) is 1. The Morgan fingerprint density at radius 3 is 3.00 bits per heavy atom. The van der Waals surface area contributed by atoms with Gasteiger partial charge in [-0.25, -0.2) is 4.21 Å². The van der Waals surface area contributed by atoms with E-state index in [2.05, 4.69) is 0 Å². The van der Waals surface area contributed by atoms with E-state index in [1.807, 2.05) is 0 Å². The highest BCUT2D eigenvalue weighted by atomic mass is 32.2. The second-order valence-electron chi connectivity index (χ2n) is 3.20. The Morgan fingerprint density at radius 2 is 2.27 bits per heavy atom. The van der Waals surface area contributed by atoms with Gasteiger partial charge in [0.05, 0.1) is 18.6 Å². The molecule has 2 rings (SSSR count). The van der Waals surface area contributed by atoms with Gasteiger partial charge in [-0.2, -0.15) is 0 Å². The van der Waals surface area contributed by atoms with E-state index in [1.54, 1.807) is 18.2 Å². The van der Waals surface area contributed by atoms with Crippen molar-refractivity contribution in [3.63, 3.8) is 0 Å². The molecule has 0 radical (unpaired) electrons. The molecule has 78 valence electrons. The summed E-state index contributed by atoms with van der Waals surface area (Å²) >= 11 is -1.25. The molecule has 1 aromatic carbocycles. The number of fused-ring (bicyclic) bond motifs is 1. The first-order chi connectivity index (χ1) is 7.20. The molecule has 0 spiro atoms. The van der Waals surface area contributed by atoms with E-state index in [4.69, 9.17) is 9.59 Å². The fourth-order valence-corrected chi connectivity index (χ4v) is 2.31. The summed E-state index contributed by atoms with van der Waals surface area (Å²) in [5.74, 6) is 0.0403. The molecule has 0 saturated carbocycles. The number of rotatable bonds is 2. The second kappa shape index (κ2) is 4.04. The molecule has 0 amide bonds. The number of ketones is 1. The zero-order valence-corrected chi connectivity index (χ0v) is 8.67. The zero-order valence-electron chi connectivity index (χ0n) is 7.86. The largest absolute Gasteiger partial charge is 0.305 e.